The van der Waals surface area contributed by atoms with E-state index in [9.17, 15) is 4.79 Å². The SMILES string of the molecule is Nc1c(C(=O)NCc2ccccc2)sc2nc3c(cc12)CN(Cc1ccccc1)CC3. The Kier molecular flexibility index (Phi) is 5.40. The zero-order chi connectivity index (χ0) is 21.2. The van der Waals surface area contributed by atoms with Crippen LogP contribution in [0.25, 0.3) is 10.2 Å². The Labute approximate surface area is 185 Å². The van der Waals surface area contributed by atoms with Gasteiger partial charge in [0.05, 0.1) is 5.69 Å². The molecule has 5 nitrogen and oxygen atoms in total. The third-order valence-electron chi connectivity index (χ3n) is 5.70. The van der Waals surface area contributed by atoms with Crippen LogP contribution in [0.15, 0.2) is 66.7 Å². The highest BCUT2D eigenvalue weighted by molar-refractivity contribution is 7.21. The average molecular weight is 429 g/mol. The topological polar surface area (TPSA) is 71.2 Å². The van der Waals surface area contributed by atoms with Crippen molar-refractivity contribution in [1.82, 2.24) is 15.2 Å². The average Bonchev–Trinajstić information content (AvgIpc) is 3.13. The third kappa shape index (κ3) is 4.17. The molecule has 156 valence electrons. The number of nitrogens with two attached hydrogens (primary N) is 1. The first-order valence-electron chi connectivity index (χ1n) is 10.5. The summed E-state index contributed by atoms with van der Waals surface area (Å²) in [6, 6.07) is 22.5. The van der Waals surface area contributed by atoms with Crippen molar-refractivity contribution in [3.8, 4) is 0 Å². The summed E-state index contributed by atoms with van der Waals surface area (Å²) < 4.78 is 0. The van der Waals surface area contributed by atoms with Crippen LogP contribution in [0, 0.1) is 0 Å². The predicted octanol–water partition coefficient (Wildman–Crippen LogP) is 4.37. The monoisotopic (exact) mass is 428 g/mol. The summed E-state index contributed by atoms with van der Waals surface area (Å²) in [5.41, 5.74) is 11.6. The van der Waals surface area contributed by atoms with E-state index < -0.39 is 0 Å². The van der Waals surface area contributed by atoms with Crippen LogP contribution in [0.1, 0.15) is 32.1 Å². The molecule has 0 aliphatic carbocycles. The first-order valence-corrected chi connectivity index (χ1v) is 11.3. The maximum absolute atomic E-state index is 12.8. The molecule has 2 aromatic heterocycles. The van der Waals surface area contributed by atoms with Crippen molar-refractivity contribution in [3.63, 3.8) is 0 Å². The molecule has 1 aliphatic rings. The third-order valence-corrected chi connectivity index (χ3v) is 6.81. The Balaban J connectivity index is 1.35. The highest BCUT2D eigenvalue weighted by Crippen LogP contribution is 2.35. The van der Waals surface area contributed by atoms with Gasteiger partial charge in [-0.05, 0) is 22.8 Å². The number of rotatable bonds is 5. The lowest BCUT2D eigenvalue weighted by Crippen LogP contribution is -2.30. The summed E-state index contributed by atoms with van der Waals surface area (Å²) >= 11 is 1.38. The van der Waals surface area contributed by atoms with E-state index in [1.165, 1.54) is 22.5 Å². The van der Waals surface area contributed by atoms with E-state index >= 15 is 0 Å². The number of amides is 1. The second-order valence-corrected chi connectivity index (χ2v) is 8.91. The smallest absolute Gasteiger partial charge is 0.263 e. The number of fused-ring (bicyclic) bond motifs is 2. The summed E-state index contributed by atoms with van der Waals surface area (Å²) in [6.45, 7) is 3.22. The van der Waals surface area contributed by atoms with Crippen molar-refractivity contribution in [3.05, 3.63) is 94.0 Å². The van der Waals surface area contributed by atoms with E-state index in [0.29, 0.717) is 17.1 Å². The van der Waals surface area contributed by atoms with Gasteiger partial charge in [0, 0.05) is 43.7 Å². The van der Waals surface area contributed by atoms with Crippen molar-refractivity contribution in [1.29, 1.82) is 0 Å². The lowest BCUT2D eigenvalue weighted by atomic mass is 10.0. The molecular formula is C25H24N4OS. The predicted molar refractivity (Wildman–Crippen MR) is 126 cm³/mol. The number of nitrogens with zero attached hydrogens (tertiary/aromatic N) is 2. The number of carbonyl (C=O) groups is 1. The minimum Gasteiger partial charge on any atom is -0.397 e. The van der Waals surface area contributed by atoms with Crippen LogP contribution in [-0.2, 0) is 26.1 Å². The number of carbonyl (C=O) groups excluding carboxylic acids is 1. The van der Waals surface area contributed by atoms with Crippen LogP contribution in [0.2, 0.25) is 0 Å². The molecule has 4 aromatic rings. The molecule has 5 rings (SSSR count). The van der Waals surface area contributed by atoms with Crippen molar-refractivity contribution in [2.24, 2.45) is 0 Å². The molecule has 0 radical (unpaired) electrons. The van der Waals surface area contributed by atoms with Gasteiger partial charge >= 0.3 is 0 Å². The van der Waals surface area contributed by atoms with E-state index in [2.05, 4.69) is 40.5 Å². The van der Waals surface area contributed by atoms with Gasteiger partial charge in [0.1, 0.15) is 9.71 Å². The molecule has 0 unspecified atom stereocenters. The molecule has 6 heteroatoms. The fourth-order valence-electron chi connectivity index (χ4n) is 4.06. The number of nitrogen functional groups attached to an aromatic ring is 1. The number of aromatic nitrogens is 1. The molecular weight excluding hydrogens is 404 g/mol. The van der Waals surface area contributed by atoms with Gasteiger partial charge in [0.2, 0.25) is 0 Å². The molecule has 0 spiro atoms. The zero-order valence-corrected chi connectivity index (χ0v) is 18.0. The quantitative estimate of drug-likeness (QED) is 0.495. The van der Waals surface area contributed by atoms with Gasteiger partial charge in [-0.1, -0.05) is 60.7 Å². The molecule has 31 heavy (non-hydrogen) atoms. The number of pyridine rings is 1. The van der Waals surface area contributed by atoms with Gasteiger partial charge in [-0.2, -0.15) is 0 Å². The summed E-state index contributed by atoms with van der Waals surface area (Å²) in [6.07, 6.45) is 0.908. The van der Waals surface area contributed by atoms with E-state index in [1.807, 2.05) is 36.4 Å². The van der Waals surface area contributed by atoms with Gasteiger partial charge in [0.15, 0.2) is 0 Å². The standard InChI is InChI=1S/C25H24N4OS/c26-22-20-13-19-16-29(15-18-9-5-2-6-10-18)12-11-21(19)28-25(20)31-23(22)24(30)27-14-17-7-3-1-4-8-17/h1-10,13H,11-12,14-16,26H2,(H,27,30). The van der Waals surface area contributed by atoms with E-state index in [4.69, 9.17) is 10.7 Å². The molecule has 0 atom stereocenters. The molecule has 2 aromatic carbocycles. The van der Waals surface area contributed by atoms with Gasteiger partial charge < -0.3 is 11.1 Å². The Hall–Kier alpha value is -3.22. The van der Waals surface area contributed by atoms with Crippen LogP contribution in [-0.4, -0.2) is 22.3 Å². The van der Waals surface area contributed by atoms with Gasteiger partial charge in [-0.3, -0.25) is 9.69 Å². The van der Waals surface area contributed by atoms with Crippen molar-refractivity contribution in [2.75, 3.05) is 12.3 Å². The lowest BCUT2D eigenvalue weighted by molar-refractivity contribution is 0.0956. The Bertz CT molecular complexity index is 1220. The van der Waals surface area contributed by atoms with Crippen molar-refractivity contribution in [2.45, 2.75) is 26.1 Å². The molecule has 3 N–H and O–H groups in total. The van der Waals surface area contributed by atoms with Crippen LogP contribution in [0.4, 0.5) is 5.69 Å². The number of hydrogen-bond acceptors (Lipinski definition) is 5. The first-order chi connectivity index (χ1) is 15.2. The molecule has 1 aliphatic heterocycles. The lowest BCUT2D eigenvalue weighted by Gasteiger charge is -2.28. The largest absolute Gasteiger partial charge is 0.397 e. The summed E-state index contributed by atoms with van der Waals surface area (Å²) in [5.74, 6) is -0.145. The molecule has 0 saturated heterocycles. The molecule has 0 fully saturated rings. The highest BCUT2D eigenvalue weighted by atomic mass is 32.1. The Morgan fingerprint density at radius 2 is 1.77 bits per heavy atom. The van der Waals surface area contributed by atoms with Gasteiger partial charge in [-0.25, -0.2) is 4.98 Å². The molecule has 0 saturated carbocycles. The molecule has 1 amide bonds. The highest BCUT2D eigenvalue weighted by Gasteiger charge is 2.22. The van der Waals surface area contributed by atoms with Crippen LogP contribution in [0.3, 0.4) is 0 Å². The fourth-order valence-corrected chi connectivity index (χ4v) is 5.07. The number of benzene rings is 2. The normalized spacial score (nSPS) is 13.8. The summed E-state index contributed by atoms with van der Waals surface area (Å²) in [5, 5.41) is 3.86. The fraction of sp³-hybridized carbons (Fsp3) is 0.200. The second kappa shape index (κ2) is 8.49. The summed E-state index contributed by atoms with van der Waals surface area (Å²) in [7, 11) is 0. The van der Waals surface area contributed by atoms with Crippen molar-refractivity contribution < 1.29 is 4.79 Å². The first kappa shape index (κ1) is 19.7. The maximum atomic E-state index is 12.8. The molecule has 0 bridgehead atoms. The van der Waals surface area contributed by atoms with E-state index in [1.54, 1.807) is 0 Å². The zero-order valence-electron chi connectivity index (χ0n) is 17.2. The van der Waals surface area contributed by atoms with Gasteiger partial charge in [0.25, 0.3) is 5.91 Å². The Morgan fingerprint density at radius 1 is 1.06 bits per heavy atom. The van der Waals surface area contributed by atoms with Crippen LogP contribution in [0.5, 0.6) is 0 Å². The van der Waals surface area contributed by atoms with Crippen LogP contribution < -0.4 is 11.1 Å². The summed E-state index contributed by atoms with van der Waals surface area (Å²) in [4.78, 5) is 21.5. The number of thiophene rings is 1. The Morgan fingerprint density at radius 3 is 2.52 bits per heavy atom. The minimum absolute atomic E-state index is 0.145. The number of anilines is 1. The van der Waals surface area contributed by atoms with E-state index in [0.717, 1.165) is 47.5 Å². The minimum atomic E-state index is -0.145. The van der Waals surface area contributed by atoms with E-state index in [-0.39, 0.29) is 5.91 Å². The van der Waals surface area contributed by atoms with Crippen LogP contribution >= 0.6 is 11.3 Å². The van der Waals surface area contributed by atoms with Crippen molar-refractivity contribution >= 4 is 33.1 Å². The number of nitrogens with one attached hydrogen (secondary N) is 1. The van der Waals surface area contributed by atoms with Gasteiger partial charge in [-0.15, -0.1) is 11.3 Å². The second-order valence-electron chi connectivity index (χ2n) is 7.91. The number of hydrogen-bond donors (Lipinski definition) is 2. The molecule has 3 heterocycles. The maximum Gasteiger partial charge on any atom is 0.263 e.